The number of carbonyl (C=O) groups is 2. The minimum Gasteiger partial charge on any atom is -0.322 e. The Bertz CT molecular complexity index is 771. The zero-order valence-electron chi connectivity index (χ0n) is 11.9. The molecule has 6 heteroatoms. The van der Waals surface area contributed by atoms with Crippen LogP contribution in [0.25, 0.3) is 10.9 Å². The second-order valence-corrected chi connectivity index (χ2v) is 6.81. The number of pyridine rings is 1. The van der Waals surface area contributed by atoms with E-state index >= 15 is 0 Å². The molecule has 1 spiro atoms. The van der Waals surface area contributed by atoms with Gasteiger partial charge in [-0.1, -0.05) is 24.3 Å². The number of fused-ring (bicyclic) bond motifs is 1. The second kappa shape index (κ2) is 4.98. The van der Waals surface area contributed by atoms with E-state index in [1.54, 1.807) is 11.8 Å². The monoisotopic (exact) mass is 313 g/mol. The molecule has 1 unspecified atom stereocenters. The molecule has 2 aliphatic rings. The molecule has 5 nitrogen and oxygen atoms in total. The molecule has 0 aliphatic carbocycles. The molecular formula is C16H15N3O2S. The third-order valence-corrected chi connectivity index (χ3v) is 5.43. The van der Waals surface area contributed by atoms with Crippen molar-refractivity contribution in [3.8, 4) is 0 Å². The van der Waals surface area contributed by atoms with Crippen molar-refractivity contribution in [1.29, 1.82) is 0 Å². The third kappa shape index (κ3) is 2.06. The Kier molecular flexibility index (Phi) is 3.07. The first-order valence-corrected chi connectivity index (χ1v) is 8.40. The summed E-state index contributed by atoms with van der Waals surface area (Å²) in [5.41, 5.74) is 0.918. The van der Waals surface area contributed by atoms with E-state index < -0.39 is 5.54 Å². The van der Waals surface area contributed by atoms with E-state index in [9.17, 15) is 9.59 Å². The van der Waals surface area contributed by atoms with Gasteiger partial charge in [-0.05, 0) is 24.3 Å². The number of carbonyl (C=O) groups excluding carboxylic acids is 2. The van der Waals surface area contributed by atoms with Crippen LogP contribution >= 0.6 is 11.8 Å². The standard InChI is InChI=1S/C16H15N3O2S/c20-14-16(7-8-22-10-16)18-15(21)19(14)9-12-6-5-11-3-1-2-4-13(11)17-12/h1-6H,7-10H2,(H,18,21). The maximum Gasteiger partial charge on any atom is 0.325 e. The van der Waals surface area contributed by atoms with E-state index in [0.717, 1.165) is 22.3 Å². The fourth-order valence-corrected chi connectivity index (χ4v) is 4.34. The Morgan fingerprint density at radius 1 is 1.23 bits per heavy atom. The van der Waals surface area contributed by atoms with Crippen molar-refractivity contribution in [2.75, 3.05) is 11.5 Å². The van der Waals surface area contributed by atoms with Gasteiger partial charge in [0, 0.05) is 11.1 Å². The first-order chi connectivity index (χ1) is 10.7. The fourth-order valence-electron chi connectivity index (χ4n) is 3.01. The molecule has 1 N–H and O–H groups in total. The molecule has 22 heavy (non-hydrogen) atoms. The lowest BCUT2D eigenvalue weighted by Crippen LogP contribution is -2.46. The number of rotatable bonds is 2. The molecule has 1 atom stereocenters. The fraction of sp³-hybridized carbons (Fsp3) is 0.312. The van der Waals surface area contributed by atoms with Crippen LogP contribution in [-0.2, 0) is 11.3 Å². The van der Waals surface area contributed by atoms with Crippen LogP contribution in [0, 0.1) is 0 Å². The van der Waals surface area contributed by atoms with Crippen molar-refractivity contribution < 1.29 is 9.59 Å². The van der Waals surface area contributed by atoms with Crippen molar-refractivity contribution >= 4 is 34.6 Å². The molecule has 1 aromatic heterocycles. The quantitative estimate of drug-likeness (QED) is 0.863. The van der Waals surface area contributed by atoms with Gasteiger partial charge in [0.05, 0.1) is 17.8 Å². The van der Waals surface area contributed by atoms with Gasteiger partial charge in [0.25, 0.3) is 5.91 Å². The lowest BCUT2D eigenvalue weighted by molar-refractivity contribution is -0.130. The van der Waals surface area contributed by atoms with Crippen molar-refractivity contribution in [2.45, 2.75) is 18.5 Å². The van der Waals surface area contributed by atoms with Gasteiger partial charge in [0.15, 0.2) is 0 Å². The SMILES string of the molecule is O=C1NC2(CCSC2)C(=O)N1Cc1ccc2ccccc2n1. The number of thioether (sulfide) groups is 1. The Morgan fingerprint density at radius 2 is 2.09 bits per heavy atom. The lowest BCUT2D eigenvalue weighted by Gasteiger charge is -2.19. The van der Waals surface area contributed by atoms with Gasteiger partial charge in [0.1, 0.15) is 5.54 Å². The molecule has 2 aromatic rings. The number of nitrogens with zero attached hydrogens (tertiary/aromatic N) is 2. The zero-order valence-corrected chi connectivity index (χ0v) is 12.7. The Balaban J connectivity index is 1.62. The van der Waals surface area contributed by atoms with Crippen molar-refractivity contribution in [2.24, 2.45) is 0 Å². The summed E-state index contributed by atoms with van der Waals surface area (Å²) in [6.45, 7) is 0.224. The normalized spacial score (nSPS) is 24.5. The Labute approximate surface area is 132 Å². The van der Waals surface area contributed by atoms with E-state index in [2.05, 4.69) is 10.3 Å². The van der Waals surface area contributed by atoms with Crippen LogP contribution in [0.1, 0.15) is 12.1 Å². The minimum absolute atomic E-state index is 0.113. The number of hydrogen-bond donors (Lipinski definition) is 1. The molecule has 3 heterocycles. The topological polar surface area (TPSA) is 62.3 Å². The Hall–Kier alpha value is -2.08. The number of aromatic nitrogens is 1. The highest BCUT2D eigenvalue weighted by Gasteiger charge is 2.52. The maximum atomic E-state index is 12.6. The van der Waals surface area contributed by atoms with Crippen LogP contribution in [0.5, 0.6) is 0 Å². The van der Waals surface area contributed by atoms with Crippen LogP contribution in [0.4, 0.5) is 4.79 Å². The highest BCUT2D eigenvalue weighted by Crippen LogP contribution is 2.33. The second-order valence-electron chi connectivity index (χ2n) is 5.70. The van der Waals surface area contributed by atoms with E-state index in [1.165, 1.54) is 4.90 Å². The Morgan fingerprint density at radius 3 is 2.91 bits per heavy atom. The average Bonchev–Trinajstić information content (AvgIpc) is 3.09. The molecule has 112 valence electrons. The maximum absolute atomic E-state index is 12.6. The molecule has 2 saturated heterocycles. The summed E-state index contributed by atoms with van der Waals surface area (Å²) in [5, 5.41) is 3.92. The van der Waals surface area contributed by atoms with E-state index in [4.69, 9.17) is 0 Å². The van der Waals surface area contributed by atoms with Crippen molar-refractivity contribution in [3.05, 3.63) is 42.1 Å². The number of para-hydroxylation sites is 1. The number of nitrogens with one attached hydrogen (secondary N) is 1. The number of hydrogen-bond acceptors (Lipinski definition) is 4. The van der Waals surface area contributed by atoms with Crippen LogP contribution in [0.15, 0.2) is 36.4 Å². The van der Waals surface area contributed by atoms with Crippen LogP contribution in [0.3, 0.4) is 0 Å². The molecule has 0 bridgehead atoms. The molecule has 3 amide bonds. The molecule has 2 fully saturated rings. The largest absolute Gasteiger partial charge is 0.325 e. The highest BCUT2D eigenvalue weighted by atomic mass is 32.2. The smallest absolute Gasteiger partial charge is 0.322 e. The zero-order chi connectivity index (χ0) is 15.2. The summed E-state index contributed by atoms with van der Waals surface area (Å²) in [6.07, 6.45) is 0.712. The minimum atomic E-state index is -0.682. The molecule has 0 saturated carbocycles. The molecule has 4 rings (SSSR count). The van der Waals surface area contributed by atoms with E-state index in [1.807, 2.05) is 36.4 Å². The predicted octanol–water partition coefficient (Wildman–Crippen LogP) is 2.16. The lowest BCUT2D eigenvalue weighted by atomic mass is 9.99. The van der Waals surface area contributed by atoms with Gasteiger partial charge in [-0.25, -0.2) is 4.79 Å². The molecule has 0 radical (unpaired) electrons. The summed E-state index contributed by atoms with van der Waals surface area (Å²) in [4.78, 5) is 30.6. The molecule has 2 aliphatic heterocycles. The third-order valence-electron chi connectivity index (χ3n) is 4.24. The van der Waals surface area contributed by atoms with E-state index in [0.29, 0.717) is 12.2 Å². The number of benzene rings is 1. The number of amides is 3. The van der Waals surface area contributed by atoms with E-state index in [-0.39, 0.29) is 18.5 Å². The highest BCUT2D eigenvalue weighted by molar-refractivity contribution is 7.99. The first-order valence-electron chi connectivity index (χ1n) is 7.24. The van der Waals surface area contributed by atoms with Crippen LogP contribution in [0.2, 0.25) is 0 Å². The average molecular weight is 313 g/mol. The van der Waals surface area contributed by atoms with Gasteiger partial charge in [-0.2, -0.15) is 11.8 Å². The van der Waals surface area contributed by atoms with Crippen LogP contribution < -0.4 is 5.32 Å². The van der Waals surface area contributed by atoms with Crippen LogP contribution in [-0.4, -0.2) is 38.9 Å². The molecular weight excluding hydrogens is 298 g/mol. The summed E-state index contributed by atoms with van der Waals surface area (Å²) in [7, 11) is 0. The summed E-state index contributed by atoms with van der Waals surface area (Å²) >= 11 is 1.71. The summed E-state index contributed by atoms with van der Waals surface area (Å²) in [6, 6.07) is 11.3. The van der Waals surface area contributed by atoms with Crippen molar-refractivity contribution in [1.82, 2.24) is 15.2 Å². The summed E-state index contributed by atoms with van der Waals surface area (Å²) < 4.78 is 0. The van der Waals surface area contributed by atoms with Crippen molar-refractivity contribution in [3.63, 3.8) is 0 Å². The van der Waals surface area contributed by atoms with Gasteiger partial charge < -0.3 is 5.32 Å². The molecule has 1 aromatic carbocycles. The van der Waals surface area contributed by atoms with Gasteiger partial charge in [0.2, 0.25) is 0 Å². The number of imide groups is 1. The summed E-state index contributed by atoms with van der Waals surface area (Å²) in [5.74, 6) is 1.46. The number of urea groups is 1. The van der Waals surface area contributed by atoms with Gasteiger partial charge in [-0.15, -0.1) is 0 Å². The van der Waals surface area contributed by atoms with Gasteiger partial charge >= 0.3 is 6.03 Å². The predicted molar refractivity (Wildman–Crippen MR) is 85.5 cm³/mol. The first kappa shape index (κ1) is 13.6. The van der Waals surface area contributed by atoms with Gasteiger partial charge in [-0.3, -0.25) is 14.7 Å².